The minimum atomic E-state index is -4.23. The first-order valence-electron chi connectivity index (χ1n) is 12.2. The number of rotatable bonds is 11. The highest BCUT2D eigenvalue weighted by Crippen LogP contribution is 2.33. The van der Waals surface area contributed by atoms with Gasteiger partial charge in [0.2, 0.25) is 11.8 Å². The molecular weight excluding hydrogens is 581 g/mol. The zero-order valence-corrected chi connectivity index (χ0v) is 24.9. The SMILES string of the molecule is CC(C)CNC(=O)[C@@H](C)N(Cc1cccc(Cl)c1)C(=O)CN(c1ccc(Cl)cc1Cl)S(=O)(=O)c1ccccc1. The van der Waals surface area contributed by atoms with Gasteiger partial charge < -0.3 is 10.2 Å². The van der Waals surface area contributed by atoms with Crippen molar-refractivity contribution in [2.45, 2.75) is 38.3 Å². The van der Waals surface area contributed by atoms with Crippen molar-refractivity contribution in [3.05, 3.63) is 93.4 Å². The number of hydrogen-bond acceptors (Lipinski definition) is 4. The summed E-state index contributed by atoms with van der Waals surface area (Å²) in [6.45, 7) is 5.37. The molecule has 0 saturated heterocycles. The van der Waals surface area contributed by atoms with Crippen LogP contribution in [0.3, 0.4) is 0 Å². The third-order valence-corrected chi connectivity index (χ3v) is 8.43. The van der Waals surface area contributed by atoms with E-state index in [1.54, 1.807) is 49.4 Å². The van der Waals surface area contributed by atoms with Crippen LogP contribution >= 0.6 is 34.8 Å². The van der Waals surface area contributed by atoms with Crippen LogP contribution in [0.15, 0.2) is 77.7 Å². The molecule has 0 radical (unpaired) electrons. The number of benzene rings is 3. The standard InChI is InChI=1S/C28H30Cl3N3O4S/c1-19(2)16-32-28(36)20(3)33(17-21-8-7-9-22(29)14-21)27(35)18-34(26-13-12-23(30)15-25(26)31)39(37,38)24-10-5-4-6-11-24/h4-15,19-20H,16-18H2,1-3H3,(H,32,36)/t20-/m1/s1. The summed E-state index contributed by atoms with van der Waals surface area (Å²) in [5.41, 5.74) is 0.763. The van der Waals surface area contributed by atoms with Gasteiger partial charge in [-0.05, 0) is 60.9 Å². The molecular formula is C28H30Cl3N3O4S. The molecule has 3 aromatic rings. The second-order valence-corrected chi connectivity index (χ2v) is 12.5. The quantitative estimate of drug-likeness (QED) is 0.287. The Kier molecular flexibility index (Phi) is 10.7. The molecule has 0 bridgehead atoms. The van der Waals surface area contributed by atoms with Crippen molar-refractivity contribution in [2.75, 3.05) is 17.4 Å². The average molecular weight is 611 g/mol. The van der Waals surface area contributed by atoms with E-state index in [0.717, 1.165) is 4.31 Å². The second kappa shape index (κ2) is 13.5. The van der Waals surface area contributed by atoms with Crippen LogP contribution in [0.1, 0.15) is 26.3 Å². The van der Waals surface area contributed by atoms with Crippen molar-refractivity contribution in [1.82, 2.24) is 10.2 Å². The van der Waals surface area contributed by atoms with E-state index >= 15 is 0 Å². The van der Waals surface area contributed by atoms with Gasteiger partial charge >= 0.3 is 0 Å². The number of nitrogens with zero attached hydrogens (tertiary/aromatic N) is 2. The average Bonchev–Trinajstić information content (AvgIpc) is 2.89. The van der Waals surface area contributed by atoms with Crippen LogP contribution in [0.4, 0.5) is 5.69 Å². The Morgan fingerprint density at radius 1 is 0.872 bits per heavy atom. The molecule has 0 aliphatic carbocycles. The molecule has 0 unspecified atom stereocenters. The predicted octanol–water partition coefficient (Wildman–Crippen LogP) is 6.03. The molecule has 39 heavy (non-hydrogen) atoms. The number of carbonyl (C=O) groups excluding carboxylic acids is 2. The highest BCUT2D eigenvalue weighted by Gasteiger charge is 2.33. The van der Waals surface area contributed by atoms with Crippen LogP contribution in [-0.4, -0.2) is 44.3 Å². The number of halogens is 3. The topological polar surface area (TPSA) is 86.8 Å². The van der Waals surface area contributed by atoms with E-state index in [1.807, 2.05) is 13.8 Å². The van der Waals surface area contributed by atoms with Crippen molar-refractivity contribution in [2.24, 2.45) is 5.92 Å². The first-order valence-corrected chi connectivity index (χ1v) is 14.8. The molecule has 0 heterocycles. The van der Waals surface area contributed by atoms with Gasteiger partial charge in [-0.2, -0.15) is 0 Å². The summed E-state index contributed by atoms with van der Waals surface area (Å²) >= 11 is 18.6. The third kappa shape index (κ3) is 8.11. The van der Waals surface area contributed by atoms with Crippen molar-refractivity contribution >= 4 is 62.3 Å². The van der Waals surface area contributed by atoms with Crippen molar-refractivity contribution < 1.29 is 18.0 Å². The first-order chi connectivity index (χ1) is 18.4. The lowest BCUT2D eigenvalue weighted by molar-refractivity contribution is -0.139. The van der Waals surface area contributed by atoms with E-state index in [-0.39, 0.29) is 34.0 Å². The van der Waals surface area contributed by atoms with Crippen LogP contribution in [-0.2, 0) is 26.2 Å². The fourth-order valence-electron chi connectivity index (χ4n) is 3.78. The van der Waals surface area contributed by atoms with E-state index in [0.29, 0.717) is 22.2 Å². The van der Waals surface area contributed by atoms with Gasteiger partial charge in [-0.3, -0.25) is 13.9 Å². The summed E-state index contributed by atoms with van der Waals surface area (Å²) in [5.74, 6) is -0.759. The largest absolute Gasteiger partial charge is 0.354 e. The normalized spacial score (nSPS) is 12.2. The van der Waals surface area contributed by atoms with Crippen molar-refractivity contribution in [3.8, 4) is 0 Å². The van der Waals surface area contributed by atoms with Gasteiger partial charge in [0.25, 0.3) is 10.0 Å². The maximum atomic E-state index is 13.9. The molecule has 1 atom stereocenters. The van der Waals surface area contributed by atoms with Gasteiger partial charge in [0.1, 0.15) is 12.6 Å². The molecule has 0 aliphatic rings. The molecule has 0 aliphatic heterocycles. The predicted molar refractivity (Wildman–Crippen MR) is 157 cm³/mol. The van der Waals surface area contributed by atoms with Crippen LogP contribution in [0, 0.1) is 5.92 Å². The summed E-state index contributed by atoms with van der Waals surface area (Å²) in [6, 6.07) is 18.1. The van der Waals surface area contributed by atoms with E-state index < -0.39 is 28.5 Å². The van der Waals surface area contributed by atoms with Crippen LogP contribution in [0.25, 0.3) is 0 Å². The maximum absolute atomic E-state index is 13.9. The Hall–Kier alpha value is -2.78. The van der Waals surface area contributed by atoms with E-state index in [2.05, 4.69) is 5.32 Å². The van der Waals surface area contributed by atoms with Crippen molar-refractivity contribution in [3.63, 3.8) is 0 Å². The summed E-state index contributed by atoms with van der Waals surface area (Å²) in [4.78, 5) is 28.2. The molecule has 7 nitrogen and oxygen atoms in total. The van der Waals surface area contributed by atoms with Crippen LogP contribution in [0.2, 0.25) is 15.1 Å². The lowest BCUT2D eigenvalue weighted by Gasteiger charge is -2.32. The summed E-state index contributed by atoms with van der Waals surface area (Å²) in [5, 5.41) is 3.68. The Morgan fingerprint density at radius 2 is 1.54 bits per heavy atom. The highest BCUT2D eigenvalue weighted by molar-refractivity contribution is 7.92. The third-order valence-electron chi connectivity index (χ3n) is 5.88. The maximum Gasteiger partial charge on any atom is 0.264 e. The highest BCUT2D eigenvalue weighted by atomic mass is 35.5. The lowest BCUT2D eigenvalue weighted by Crippen LogP contribution is -2.51. The lowest BCUT2D eigenvalue weighted by atomic mass is 10.1. The van der Waals surface area contributed by atoms with Gasteiger partial charge in [-0.25, -0.2) is 8.42 Å². The number of hydrogen-bond donors (Lipinski definition) is 1. The number of anilines is 1. The van der Waals surface area contributed by atoms with Gasteiger partial charge in [-0.15, -0.1) is 0 Å². The Morgan fingerprint density at radius 3 is 2.15 bits per heavy atom. The molecule has 1 N–H and O–H groups in total. The molecule has 3 aromatic carbocycles. The molecule has 208 valence electrons. The summed E-state index contributed by atoms with van der Waals surface area (Å²) in [7, 11) is -4.23. The number of carbonyl (C=O) groups is 2. The van der Waals surface area contributed by atoms with E-state index in [9.17, 15) is 18.0 Å². The zero-order valence-electron chi connectivity index (χ0n) is 21.8. The minimum Gasteiger partial charge on any atom is -0.354 e. The summed E-state index contributed by atoms with van der Waals surface area (Å²) < 4.78 is 28.5. The molecule has 3 rings (SSSR count). The monoisotopic (exact) mass is 609 g/mol. The Bertz CT molecular complexity index is 1420. The minimum absolute atomic E-state index is 0.0204. The number of amides is 2. The van der Waals surface area contributed by atoms with Crippen molar-refractivity contribution in [1.29, 1.82) is 0 Å². The first kappa shape index (κ1) is 30.8. The van der Waals surface area contributed by atoms with Crippen LogP contribution in [0.5, 0.6) is 0 Å². The molecule has 2 amide bonds. The van der Waals surface area contributed by atoms with Gasteiger partial charge in [0.05, 0.1) is 15.6 Å². The zero-order chi connectivity index (χ0) is 28.7. The fraction of sp³-hybridized carbons (Fsp3) is 0.286. The van der Waals surface area contributed by atoms with Gasteiger partial charge in [0, 0.05) is 23.1 Å². The Balaban J connectivity index is 2.03. The van der Waals surface area contributed by atoms with Gasteiger partial charge in [-0.1, -0.05) is 79.0 Å². The second-order valence-electron chi connectivity index (χ2n) is 9.39. The van der Waals surface area contributed by atoms with E-state index in [1.165, 1.54) is 35.2 Å². The molecule has 0 spiro atoms. The molecule has 0 aromatic heterocycles. The van der Waals surface area contributed by atoms with Crippen LogP contribution < -0.4 is 9.62 Å². The fourth-order valence-corrected chi connectivity index (χ4v) is 6.01. The molecule has 0 fully saturated rings. The molecule has 0 saturated carbocycles. The Labute approximate surface area is 244 Å². The molecule has 11 heteroatoms. The number of nitrogens with one attached hydrogen (secondary N) is 1. The van der Waals surface area contributed by atoms with E-state index in [4.69, 9.17) is 34.8 Å². The summed E-state index contributed by atoms with van der Waals surface area (Å²) in [6.07, 6.45) is 0. The van der Waals surface area contributed by atoms with Gasteiger partial charge in [0.15, 0.2) is 0 Å². The smallest absolute Gasteiger partial charge is 0.264 e. The number of sulfonamides is 1.